The van der Waals surface area contributed by atoms with Crippen molar-refractivity contribution >= 4 is 33.5 Å². The molecule has 2 aliphatic heterocycles. The van der Waals surface area contributed by atoms with E-state index in [9.17, 15) is 4.79 Å². The highest BCUT2D eigenvalue weighted by atomic mass is 79.9. The Morgan fingerprint density at radius 3 is 3.10 bits per heavy atom. The molecule has 1 unspecified atom stereocenters. The minimum atomic E-state index is 0.296. The topological polar surface area (TPSA) is 61.4 Å². The van der Waals surface area contributed by atoms with Crippen molar-refractivity contribution in [1.82, 2.24) is 14.9 Å². The Hall–Kier alpha value is -1.37. The van der Waals surface area contributed by atoms with E-state index in [-0.39, 0.29) is 0 Å². The fourth-order valence-corrected chi connectivity index (χ4v) is 3.52. The number of anilines is 2. The Balaban J connectivity index is 1.80. The van der Waals surface area contributed by atoms with Crippen LogP contribution in [-0.4, -0.2) is 53.0 Å². The first-order valence-electron chi connectivity index (χ1n) is 6.99. The summed E-state index contributed by atoms with van der Waals surface area (Å²) >= 11 is 3.59. The van der Waals surface area contributed by atoms with Crippen molar-refractivity contribution in [3.63, 3.8) is 0 Å². The van der Waals surface area contributed by atoms with Gasteiger partial charge in [0.05, 0.1) is 0 Å². The molecular formula is C13H18BrN5O. The van der Waals surface area contributed by atoms with Gasteiger partial charge in [-0.25, -0.2) is 9.97 Å². The number of carbonyl (C=O) groups is 1. The molecule has 20 heavy (non-hydrogen) atoms. The molecule has 0 saturated carbocycles. The maximum atomic E-state index is 11.7. The van der Waals surface area contributed by atoms with Gasteiger partial charge in [-0.3, -0.25) is 4.79 Å². The number of aromatic nitrogens is 2. The Bertz CT molecular complexity index is 523. The lowest BCUT2D eigenvalue weighted by atomic mass is 10.1. The second-order valence-corrected chi connectivity index (χ2v) is 5.91. The quantitative estimate of drug-likeness (QED) is 0.903. The summed E-state index contributed by atoms with van der Waals surface area (Å²) in [5.74, 6) is 2.03. The number of carbonyl (C=O) groups excluding carboxylic acids is 1. The third-order valence-corrected chi connectivity index (χ3v) is 4.64. The van der Waals surface area contributed by atoms with Crippen LogP contribution in [0.1, 0.15) is 19.8 Å². The van der Waals surface area contributed by atoms with Crippen LogP contribution >= 0.6 is 15.9 Å². The zero-order valence-corrected chi connectivity index (χ0v) is 13.1. The van der Waals surface area contributed by atoms with Crippen LogP contribution in [0.25, 0.3) is 0 Å². The fraction of sp³-hybridized carbons (Fsp3) is 0.615. The summed E-state index contributed by atoms with van der Waals surface area (Å²) in [4.78, 5) is 24.6. The average molecular weight is 340 g/mol. The molecule has 2 saturated heterocycles. The molecule has 3 heterocycles. The molecule has 0 bridgehead atoms. The number of amides is 1. The van der Waals surface area contributed by atoms with Gasteiger partial charge in [-0.05, 0) is 29.3 Å². The Morgan fingerprint density at radius 1 is 1.45 bits per heavy atom. The molecule has 1 N–H and O–H groups in total. The van der Waals surface area contributed by atoms with Gasteiger partial charge in [0.25, 0.3) is 0 Å². The van der Waals surface area contributed by atoms with Gasteiger partial charge in [-0.15, -0.1) is 0 Å². The molecule has 0 aromatic carbocycles. The predicted octanol–water partition coefficient (Wildman–Crippen LogP) is 1.48. The van der Waals surface area contributed by atoms with E-state index in [1.54, 1.807) is 6.33 Å². The zero-order valence-electron chi connectivity index (χ0n) is 11.5. The van der Waals surface area contributed by atoms with Crippen LogP contribution in [-0.2, 0) is 4.79 Å². The van der Waals surface area contributed by atoms with Crippen molar-refractivity contribution in [3.8, 4) is 0 Å². The number of piperazine rings is 1. The predicted molar refractivity (Wildman–Crippen MR) is 80.8 cm³/mol. The number of fused-ring (bicyclic) bond motifs is 1. The van der Waals surface area contributed by atoms with E-state index < -0.39 is 0 Å². The highest BCUT2D eigenvalue weighted by molar-refractivity contribution is 9.10. The fourth-order valence-electron chi connectivity index (χ4n) is 2.93. The lowest BCUT2D eigenvalue weighted by Crippen LogP contribution is -2.51. The van der Waals surface area contributed by atoms with Crippen molar-refractivity contribution in [1.29, 1.82) is 0 Å². The minimum Gasteiger partial charge on any atom is -0.369 e. The number of nitrogens with one attached hydrogen (secondary N) is 1. The average Bonchev–Trinajstić information content (AvgIpc) is 2.82. The van der Waals surface area contributed by atoms with Crippen LogP contribution in [0.3, 0.4) is 0 Å². The number of nitrogens with zero attached hydrogens (tertiary/aromatic N) is 4. The van der Waals surface area contributed by atoms with E-state index in [0.29, 0.717) is 18.4 Å². The van der Waals surface area contributed by atoms with Crippen molar-refractivity contribution in [2.75, 3.05) is 36.4 Å². The first-order chi connectivity index (χ1) is 9.70. The number of hydrogen-bond acceptors (Lipinski definition) is 5. The SMILES string of the molecule is CCNc1ncnc(N2CCN3C(=O)CCC3C2)c1Br. The summed E-state index contributed by atoms with van der Waals surface area (Å²) in [6.45, 7) is 5.32. The van der Waals surface area contributed by atoms with E-state index in [2.05, 4.69) is 36.1 Å². The molecule has 2 aliphatic rings. The van der Waals surface area contributed by atoms with Gasteiger partial charge in [-0.2, -0.15) is 0 Å². The molecule has 1 aromatic rings. The van der Waals surface area contributed by atoms with Crippen LogP contribution < -0.4 is 10.2 Å². The minimum absolute atomic E-state index is 0.296. The van der Waals surface area contributed by atoms with Crippen molar-refractivity contribution < 1.29 is 4.79 Å². The van der Waals surface area contributed by atoms with Crippen molar-refractivity contribution in [2.24, 2.45) is 0 Å². The summed E-state index contributed by atoms with van der Waals surface area (Å²) in [7, 11) is 0. The first kappa shape index (κ1) is 13.6. The lowest BCUT2D eigenvalue weighted by Gasteiger charge is -2.38. The van der Waals surface area contributed by atoms with Gasteiger partial charge in [0, 0.05) is 38.6 Å². The second kappa shape index (κ2) is 5.55. The third kappa shape index (κ3) is 2.34. The number of halogens is 1. The van der Waals surface area contributed by atoms with Gasteiger partial charge < -0.3 is 15.1 Å². The highest BCUT2D eigenvalue weighted by Crippen LogP contribution is 2.32. The maximum absolute atomic E-state index is 11.7. The van der Waals surface area contributed by atoms with Crippen LogP contribution in [0.4, 0.5) is 11.6 Å². The second-order valence-electron chi connectivity index (χ2n) is 5.12. The molecule has 0 aliphatic carbocycles. The van der Waals surface area contributed by atoms with Crippen LogP contribution in [0.15, 0.2) is 10.8 Å². The summed E-state index contributed by atoms with van der Waals surface area (Å²) < 4.78 is 0.902. The molecule has 2 fully saturated rings. The van der Waals surface area contributed by atoms with Gasteiger partial charge in [0.2, 0.25) is 5.91 Å². The largest absolute Gasteiger partial charge is 0.369 e. The summed E-state index contributed by atoms with van der Waals surface area (Å²) in [5, 5.41) is 3.22. The zero-order chi connectivity index (χ0) is 14.1. The standard InChI is InChI=1S/C13H18BrN5O/c1-2-15-12-11(14)13(17-8-16-12)18-5-6-19-9(7-18)3-4-10(19)20/h8-9H,2-7H2,1H3,(H,15,16,17). The monoisotopic (exact) mass is 339 g/mol. The first-order valence-corrected chi connectivity index (χ1v) is 7.78. The molecule has 3 rings (SSSR count). The molecule has 0 spiro atoms. The van der Waals surface area contributed by atoms with Gasteiger partial charge in [-0.1, -0.05) is 0 Å². The van der Waals surface area contributed by atoms with Gasteiger partial charge >= 0.3 is 0 Å². The van der Waals surface area contributed by atoms with Gasteiger partial charge in [0.15, 0.2) is 0 Å². The van der Waals surface area contributed by atoms with E-state index in [1.165, 1.54) is 0 Å². The molecule has 0 radical (unpaired) electrons. The molecule has 1 amide bonds. The molecule has 108 valence electrons. The number of hydrogen-bond donors (Lipinski definition) is 1. The summed E-state index contributed by atoms with van der Waals surface area (Å²) in [5.41, 5.74) is 0. The molecule has 6 nitrogen and oxygen atoms in total. The normalized spacial score (nSPS) is 22.1. The molecule has 1 atom stereocenters. The maximum Gasteiger partial charge on any atom is 0.223 e. The van der Waals surface area contributed by atoms with Crippen LogP contribution in [0.2, 0.25) is 0 Å². The Kier molecular flexibility index (Phi) is 3.78. The molecule has 7 heteroatoms. The summed E-state index contributed by atoms with van der Waals surface area (Å²) in [6, 6.07) is 0.334. The summed E-state index contributed by atoms with van der Waals surface area (Å²) in [6.07, 6.45) is 3.23. The van der Waals surface area contributed by atoms with Crippen LogP contribution in [0, 0.1) is 0 Å². The smallest absolute Gasteiger partial charge is 0.223 e. The lowest BCUT2D eigenvalue weighted by molar-refractivity contribution is -0.129. The van der Waals surface area contributed by atoms with E-state index >= 15 is 0 Å². The molecular weight excluding hydrogens is 322 g/mol. The van der Waals surface area contributed by atoms with E-state index in [4.69, 9.17) is 0 Å². The Labute approximate surface area is 126 Å². The number of rotatable bonds is 3. The van der Waals surface area contributed by atoms with Gasteiger partial charge in [0.1, 0.15) is 22.4 Å². The van der Waals surface area contributed by atoms with E-state index in [1.807, 2.05) is 11.8 Å². The van der Waals surface area contributed by atoms with E-state index in [0.717, 1.165) is 48.7 Å². The molecule has 1 aromatic heterocycles. The Morgan fingerprint density at radius 2 is 2.30 bits per heavy atom. The highest BCUT2D eigenvalue weighted by Gasteiger charge is 2.36. The van der Waals surface area contributed by atoms with Crippen LogP contribution in [0.5, 0.6) is 0 Å². The van der Waals surface area contributed by atoms with Crippen molar-refractivity contribution in [2.45, 2.75) is 25.8 Å². The van der Waals surface area contributed by atoms with Crippen molar-refractivity contribution in [3.05, 3.63) is 10.8 Å². The third-order valence-electron chi connectivity index (χ3n) is 3.91.